The number of hydrogen-bond donors (Lipinski definition) is 0. The average molecular weight is 253 g/mol. The Morgan fingerprint density at radius 1 is 1.16 bits per heavy atom. The lowest BCUT2D eigenvalue weighted by Gasteiger charge is -2.28. The molecule has 2 aromatic rings. The summed E-state index contributed by atoms with van der Waals surface area (Å²) in [5.74, 6) is 2.28. The van der Waals surface area contributed by atoms with E-state index >= 15 is 0 Å². The van der Waals surface area contributed by atoms with E-state index in [0.717, 1.165) is 36.5 Å². The number of hydrogen-bond acceptors (Lipinski definition) is 2. The zero-order valence-electron chi connectivity index (χ0n) is 10.6. The number of carbonyl (C=O) groups excluding carboxylic acids is 1. The van der Waals surface area contributed by atoms with Crippen molar-refractivity contribution in [1.82, 2.24) is 4.90 Å². The third-order valence-electron chi connectivity index (χ3n) is 4.17. The van der Waals surface area contributed by atoms with E-state index in [1.807, 2.05) is 23.1 Å². The van der Waals surface area contributed by atoms with E-state index in [0.29, 0.717) is 6.42 Å². The summed E-state index contributed by atoms with van der Waals surface area (Å²) >= 11 is 0. The summed E-state index contributed by atoms with van der Waals surface area (Å²) in [6.45, 7) is 0.804. The molecule has 1 saturated heterocycles. The Labute approximate surface area is 111 Å². The number of furan rings is 1. The summed E-state index contributed by atoms with van der Waals surface area (Å²) in [5, 5.41) is 0. The predicted octanol–water partition coefficient (Wildman–Crippen LogP) is 3.17. The Hall–Kier alpha value is -2.03. The van der Waals surface area contributed by atoms with Gasteiger partial charge in [-0.15, -0.1) is 0 Å². The largest absolute Gasteiger partial charge is 0.461 e. The van der Waals surface area contributed by atoms with Gasteiger partial charge in [0, 0.05) is 30.5 Å². The Morgan fingerprint density at radius 2 is 2.00 bits per heavy atom. The standard InChI is InChI=1S/C16H15NO2/c18-16-7-6-13-12-10-15(11-4-2-1-3-5-11)19-14(12)8-9-17(13)16/h1-5,10,13H,6-9H2/t13-/m1/s1. The molecule has 0 spiro atoms. The third-order valence-corrected chi connectivity index (χ3v) is 4.17. The van der Waals surface area contributed by atoms with Gasteiger partial charge in [-0.3, -0.25) is 4.79 Å². The molecule has 0 radical (unpaired) electrons. The van der Waals surface area contributed by atoms with Gasteiger partial charge in [-0.25, -0.2) is 0 Å². The highest BCUT2D eigenvalue weighted by molar-refractivity contribution is 5.79. The summed E-state index contributed by atoms with van der Waals surface area (Å²) in [4.78, 5) is 13.8. The van der Waals surface area contributed by atoms with E-state index < -0.39 is 0 Å². The molecular formula is C16H15NO2. The van der Waals surface area contributed by atoms with Crippen LogP contribution in [0.25, 0.3) is 11.3 Å². The number of nitrogens with zero attached hydrogens (tertiary/aromatic N) is 1. The molecule has 3 heteroatoms. The maximum Gasteiger partial charge on any atom is 0.223 e. The van der Waals surface area contributed by atoms with Crippen LogP contribution in [0.3, 0.4) is 0 Å². The minimum Gasteiger partial charge on any atom is -0.461 e. The number of rotatable bonds is 1. The monoisotopic (exact) mass is 253 g/mol. The van der Waals surface area contributed by atoms with Gasteiger partial charge < -0.3 is 9.32 Å². The summed E-state index contributed by atoms with van der Waals surface area (Å²) in [7, 11) is 0. The lowest BCUT2D eigenvalue weighted by molar-refractivity contribution is -0.129. The van der Waals surface area contributed by atoms with Crippen LogP contribution in [0.1, 0.15) is 30.2 Å². The molecule has 1 amide bonds. The van der Waals surface area contributed by atoms with Crippen LogP contribution < -0.4 is 0 Å². The van der Waals surface area contributed by atoms with Crippen molar-refractivity contribution in [1.29, 1.82) is 0 Å². The fourth-order valence-corrected chi connectivity index (χ4v) is 3.22. The van der Waals surface area contributed by atoms with E-state index in [-0.39, 0.29) is 11.9 Å². The van der Waals surface area contributed by atoms with Gasteiger partial charge in [-0.05, 0) is 12.5 Å². The van der Waals surface area contributed by atoms with Gasteiger partial charge in [0.05, 0.1) is 6.04 Å². The van der Waals surface area contributed by atoms with Crippen molar-refractivity contribution < 1.29 is 9.21 Å². The van der Waals surface area contributed by atoms with Gasteiger partial charge in [0.15, 0.2) is 0 Å². The van der Waals surface area contributed by atoms with E-state index in [1.165, 1.54) is 5.56 Å². The summed E-state index contributed by atoms with van der Waals surface area (Å²) in [6, 6.07) is 12.5. The van der Waals surface area contributed by atoms with Crippen LogP contribution >= 0.6 is 0 Å². The van der Waals surface area contributed by atoms with E-state index in [2.05, 4.69) is 18.2 Å². The van der Waals surface area contributed by atoms with Crippen LogP contribution in [0.15, 0.2) is 40.8 Å². The van der Waals surface area contributed by atoms with Crippen LogP contribution in [0, 0.1) is 0 Å². The first kappa shape index (κ1) is 10.9. The van der Waals surface area contributed by atoms with Crippen molar-refractivity contribution in [3.63, 3.8) is 0 Å². The van der Waals surface area contributed by atoms with Crippen LogP contribution in [0.5, 0.6) is 0 Å². The number of carbonyl (C=O) groups is 1. The second kappa shape index (κ2) is 3.98. The molecule has 3 nitrogen and oxygen atoms in total. The third kappa shape index (κ3) is 1.61. The Kier molecular flexibility index (Phi) is 2.28. The average Bonchev–Trinajstić information content (AvgIpc) is 3.03. The number of benzene rings is 1. The van der Waals surface area contributed by atoms with Crippen molar-refractivity contribution in [2.45, 2.75) is 25.3 Å². The predicted molar refractivity (Wildman–Crippen MR) is 71.5 cm³/mol. The zero-order valence-corrected chi connectivity index (χ0v) is 10.6. The lowest BCUT2D eigenvalue weighted by atomic mass is 9.99. The maximum atomic E-state index is 11.8. The highest BCUT2D eigenvalue weighted by Gasteiger charge is 2.38. The molecule has 1 aromatic carbocycles. The van der Waals surface area contributed by atoms with E-state index in [9.17, 15) is 4.79 Å². The Bertz CT molecular complexity index is 629. The van der Waals surface area contributed by atoms with Gasteiger partial charge in [-0.2, -0.15) is 0 Å². The Balaban J connectivity index is 1.77. The first-order valence-electron chi connectivity index (χ1n) is 6.80. The molecule has 1 aromatic heterocycles. The van der Waals surface area contributed by atoms with Crippen molar-refractivity contribution in [3.05, 3.63) is 47.7 Å². The lowest BCUT2D eigenvalue weighted by Crippen LogP contribution is -2.33. The van der Waals surface area contributed by atoms with Crippen molar-refractivity contribution in [3.8, 4) is 11.3 Å². The fourth-order valence-electron chi connectivity index (χ4n) is 3.22. The topological polar surface area (TPSA) is 33.5 Å². The molecule has 3 heterocycles. The molecule has 2 aliphatic rings. The summed E-state index contributed by atoms with van der Waals surface area (Å²) in [6.07, 6.45) is 2.44. The molecule has 2 aliphatic heterocycles. The highest BCUT2D eigenvalue weighted by Crippen LogP contribution is 2.41. The normalized spacial score (nSPS) is 21.4. The van der Waals surface area contributed by atoms with Gasteiger partial charge in [0.2, 0.25) is 5.91 Å². The first-order valence-corrected chi connectivity index (χ1v) is 6.80. The van der Waals surface area contributed by atoms with Crippen LogP contribution in [0.2, 0.25) is 0 Å². The van der Waals surface area contributed by atoms with Crippen LogP contribution in [0.4, 0.5) is 0 Å². The molecular weight excluding hydrogens is 238 g/mol. The van der Waals surface area contributed by atoms with Gasteiger partial charge in [0.25, 0.3) is 0 Å². The van der Waals surface area contributed by atoms with Crippen molar-refractivity contribution in [2.75, 3.05) is 6.54 Å². The second-order valence-electron chi connectivity index (χ2n) is 5.25. The smallest absolute Gasteiger partial charge is 0.223 e. The second-order valence-corrected chi connectivity index (χ2v) is 5.25. The van der Waals surface area contributed by atoms with Crippen molar-refractivity contribution >= 4 is 5.91 Å². The number of fused-ring (bicyclic) bond motifs is 3. The minimum atomic E-state index is 0.248. The molecule has 4 rings (SSSR count). The van der Waals surface area contributed by atoms with Crippen molar-refractivity contribution in [2.24, 2.45) is 0 Å². The first-order chi connectivity index (χ1) is 9.33. The van der Waals surface area contributed by atoms with Gasteiger partial charge >= 0.3 is 0 Å². The van der Waals surface area contributed by atoms with E-state index in [1.54, 1.807) is 0 Å². The van der Waals surface area contributed by atoms with Gasteiger partial charge in [-0.1, -0.05) is 30.3 Å². The quantitative estimate of drug-likeness (QED) is 0.782. The van der Waals surface area contributed by atoms with Gasteiger partial charge in [0.1, 0.15) is 11.5 Å². The summed E-state index contributed by atoms with van der Waals surface area (Å²) in [5.41, 5.74) is 2.32. The SMILES string of the molecule is O=C1CC[C@@H]2c3cc(-c4ccccc4)oc3CCN12. The van der Waals surface area contributed by atoms with Crippen LogP contribution in [-0.4, -0.2) is 17.4 Å². The maximum absolute atomic E-state index is 11.8. The Morgan fingerprint density at radius 3 is 2.84 bits per heavy atom. The number of amides is 1. The molecule has 96 valence electrons. The van der Waals surface area contributed by atoms with Crippen LogP contribution in [-0.2, 0) is 11.2 Å². The molecule has 1 atom stereocenters. The highest BCUT2D eigenvalue weighted by atomic mass is 16.3. The molecule has 0 N–H and O–H groups in total. The fraction of sp³-hybridized carbons (Fsp3) is 0.312. The molecule has 0 bridgehead atoms. The molecule has 0 aliphatic carbocycles. The zero-order chi connectivity index (χ0) is 12.8. The molecule has 0 unspecified atom stereocenters. The molecule has 19 heavy (non-hydrogen) atoms. The summed E-state index contributed by atoms with van der Waals surface area (Å²) < 4.78 is 6.00. The molecule has 0 saturated carbocycles. The minimum absolute atomic E-state index is 0.248. The molecule has 1 fully saturated rings. The van der Waals surface area contributed by atoms with E-state index in [4.69, 9.17) is 4.42 Å².